The Labute approximate surface area is 124 Å². The van der Waals surface area contributed by atoms with Gasteiger partial charge in [-0.3, -0.25) is 10.1 Å². The number of hydrogen-bond acceptors (Lipinski definition) is 4. The van der Waals surface area contributed by atoms with Crippen LogP contribution in [0.4, 0.5) is 11.4 Å². The Balaban J connectivity index is 1.69. The lowest BCUT2D eigenvalue weighted by molar-refractivity contribution is -0.384. The Hall–Kier alpha value is -1.62. The lowest BCUT2D eigenvalue weighted by atomic mass is 9.60. The Morgan fingerprint density at radius 1 is 1.33 bits per heavy atom. The fraction of sp³-hybridized carbons (Fsp3) is 0.625. The Bertz CT molecular complexity index is 509. The number of nitro groups is 1. The van der Waals surface area contributed by atoms with Gasteiger partial charge >= 0.3 is 0 Å². The van der Waals surface area contributed by atoms with E-state index in [4.69, 9.17) is 4.74 Å². The zero-order valence-electron chi connectivity index (χ0n) is 12.4. The van der Waals surface area contributed by atoms with Crippen molar-refractivity contribution in [3.05, 3.63) is 34.4 Å². The molecule has 21 heavy (non-hydrogen) atoms. The molecule has 2 aliphatic carbocycles. The number of rotatable bonds is 5. The van der Waals surface area contributed by atoms with Gasteiger partial charge in [0.2, 0.25) is 0 Å². The third-order valence-electron chi connectivity index (χ3n) is 5.11. The summed E-state index contributed by atoms with van der Waals surface area (Å²) in [5, 5.41) is 14.3. The summed E-state index contributed by atoms with van der Waals surface area (Å²) < 4.78 is 5.90. The Morgan fingerprint density at radius 3 is 2.57 bits per heavy atom. The van der Waals surface area contributed by atoms with E-state index in [2.05, 4.69) is 12.2 Å². The minimum Gasteiger partial charge on any atom is -0.382 e. The SMILES string of the molecule is CCO[C@@H]1C[C@@H](Nc2ccc([N+](=O)[O-])cc2)C12CCCC2. The normalized spacial score (nSPS) is 26.5. The number of benzene rings is 1. The van der Waals surface area contributed by atoms with Crippen molar-refractivity contribution in [2.24, 2.45) is 5.41 Å². The molecule has 1 spiro atoms. The number of nitrogens with one attached hydrogen (secondary N) is 1. The number of hydrogen-bond donors (Lipinski definition) is 1. The molecule has 1 aromatic rings. The number of non-ortho nitro benzene ring substituents is 1. The van der Waals surface area contributed by atoms with Crippen LogP contribution in [-0.2, 0) is 4.74 Å². The van der Waals surface area contributed by atoms with Gasteiger partial charge in [0.1, 0.15) is 0 Å². The van der Waals surface area contributed by atoms with Gasteiger partial charge in [-0.05, 0) is 38.3 Å². The average Bonchev–Trinajstić information content (AvgIpc) is 2.99. The maximum absolute atomic E-state index is 10.7. The first kappa shape index (κ1) is 14.3. The van der Waals surface area contributed by atoms with Gasteiger partial charge < -0.3 is 10.1 Å². The number of ether oxygens (including phenoxy) is 1. The van der Waals surface area contributed by atoms with Crippen molar-refractivity contribution >= 4 is 11.4 Å². The molecule has 0 saturated heterocycles. The van der Waals surface area contributed by atoms with E-state index >= 15 is 0 Å². The third-order valence-corrected chi connectivity index (χ3v) is 5.11. The Morgan fingerprint density at radius 2 is 2.00 bits per heavy atom. The molecule has 2 fully saturated rings. The molecule has 1 aromatic carbocycles. The zero-order valence-corrected chi connectivity index (χ0v) is 12.4. The highest BCUT2D eigenvalue weighted by atomic mass is 16.6. The maximum atomic E-state index is 10.7. The van der Waals surface area contributed by atoms with Crippen LogP contribution in [0.25, 0.3) is 0 Å². The minimum absolute atomic E-state index is 0.136. The predicted molar refractivity (Wildman–Crippen MR) is 81.4 cm³/mol. The Kier molecular flexibility index (Phi) is 3.85. The fourth-order valence-corrected chi connectivity index (χ4v) is 3.97. The van der Waals surface area contributed by atoms with Crippen LogP contribution in [0.15, 0.2) is 24.3 Å². The van der Waals surface area contributed by atoms with E-state index in [0.717, 1.165) is 18.7 Å². The summed E-state index contributed by atoms with van der Waals surface area (Å²) in [6.07, 6.45) is 6.42. The van der Waals surface area contributed by atoms with Gasteiger partial charge in [0.25, 0.3) is 5.69 Å². The second-order valence-electron chi connectivity index (χ2n) is 6.12. The van der Waals surface area contributed by atoms with Gasteiger partial charge in [0.15, 0.2) is 0 Å². The van der Waals surface area contributed by atoms with E-state index in [1.54, 1.807) is 24.3 Å². The largest absolute Gasteiger partial charge is 0.382 e. The summed E-state index contributed by atoms with van der Waals surface area (Å²) in [6, 6.07) is 7.15. The zero-order chi connectivity index (χ0) is 14.9. The molecular weight excluding hydrogens is 268 g/mol. The first-order chi connectivity index (χ1) is 10.2. The molecule has 0 heterocycles. The molecule has 114 valence electrons. The van der Waals surface area contributed by atoms with Crippen LogP contribution in [-0.4, -0.2) is 23.7 Å². The van der Waals surface area contributed by atoms with Crippen LogP contribution in [0, 0.1) is 15.5 Å². The topological polar surface area (TPSA) is 64.4 Å². The molecule has 0 aromatic heterocycles. The minimum atomic E-state index is -0.364. The van der Waals surface area contributed by atoms with Crippen LogP contribution in [0.1, 0.15) is 39.0 Å². The number of nitro benzene ring substituents is 1. The van der Waals surface area contributed by atoms with Gasteiger partial charge in [0.05, 0.1) is 11.0 Å². The summed E-state index contributed by atoms with van der Waals surface area (Å²) in [4.78, 5) is 10.3. The predicted octanol–water partition coefficient (Wildman–Crippen LogP) is 3.74. The van der Waals surface area contributed by atoms with Crippen molar-refractivity contribution in [1.29, 1.82) is 0 Å². The van der Waals surface area contributed by atoms with Crippen LogP contribution >= 0.6 is 0 Å². The van der Waals surface area contributed by atoms with Gasteiger partial charge in [0, 0.05) is 35.9 Å². The van der Waals surface area contributed by atoms with E-state index in [1.807, 2.05) is 0 Å². The summed E-state index contributed by atoms with van der Waals surface area (Å²) in [7, 11) is 0. The molecule has 0 aliphatic heterocycles. The highest BCUT2D eigenvalue weighted by Gasteiger charge is 2.56. The molecule has 2 aliphatic rings. The maximum Gasteiger partial charge on any atom is 0.269 e. The van der Waals surface area contributed by atoms with Crippen LogP contribution in [0.5, 0.6) is 0 Å². The molecule has 5 nitrogen and oxygen atoms in total. The fourth-order valence-electron chi connectivity index (χ4n) is 3.97. The molecule has 0 bridgehead atoms. The van der Waals surface area contributed by atoms with Gasteiger partial charge in [-0.2, -0.15) is 0 Å². The molecule has 2 saturated carbocycles. The molecule has 1 N–H and O–H groups in total. The van der Waals surface area contributed by atoms with Crippen molar-refractivity contribution in [3.8, 4) is 0 Å². The monoisotopic (exact) mass is 290 g/mol. The highest BCUT2D eigenvalue weighted by molar-refractivity contribution is 5.50. The van der Waals surface area contributed by atoms with E-state index in [-0.39, 0.29) is 16.0 Å². The van der Waals surface area contributed by atoms with Crippen LogP contribution in [0.3, 0.4) is 0 Å². The third kappa shape index (κ3) is 2.50. The van der Waals surface area contributed by atoms with E-state index in [9.17, 15) is 10.1 Å². The van der Waals surface area contributed by atoms with Crippen molar-refractivity contribution in [1.82, 2.24) is 0 Å². The van der Waals surface area contributed by atoms with Crippen molar-refractivity contribution in [2.45, 2.75) is 51.2 Å². The standard InChI is InChI=1S/C16H22N2O3/c1-2-21-15-11-14(16(15)9-3-4-10-16)17-12-5-7-13(8-6-12)18(19)20/h5-8,14-15,17H,2-4,9-11H2,1H3/t14-,15-/m1/s1. The second kappa shape index (κ2) is 5.64. The van der Waals surface area contributed by atoms with Crippen molar-refractivity contribution in [3.63, 3.8) is 0 Å². The van der Waals surface area contributed by atoms with Crippen molar-refractivity contribution < 1.29 is 9.66 Å². The van der Waals surface area contributed by atoms with E-state index < -0.39 is 0 Å². The average molecular weight is 290 g/mol. The molecule has 3 rings (SSSR count). The lowest BCUT2D eigenvalue weighted by Gasteiger charge is -2.54. The quantitative estimate of drug-likeness (QED) is 0.662. The number of nitrogens with zero attached hydrogens (tertiary/aromatic N) is 1. The first-order valence-corrected chi connectivity index (χ1v) is 7.78. The molecule has 2 atom stereocenters. The molecule has 5 heteroatoms. The van der Waals surface area contributed by atoms with Crippen LogP contribution in [0.2, 0.25) is 0 Å². The summed E-state index contributed by atoms with van der Waals surface area (Å²) in [6.45, 7) is 2.83. The van der Waals surface area contributed by atoms with E-state index in [1.165, 1.54) is 25.7 Å². The summed E-state index contributed by atoms with van der Waals surface area (Å²) in [5.41, 5.74) is 1.38. The van der Waals surface area contributed by atoms with Gasteiger partial charge in [-0.25, -0.2) is 0 Å². The van der Waals surface area contributed by atoms with Gasteiger partial charge in [-0.1, -0.05) is 12.8 Å². The van der Waals surface area contributed by atoms with Crippen molar-refractivity contribution in [2.75, 3.05) is 11.9 Å². The van der Waals surface area contributed by atoms with Crippen LogP contribution < -0.4 is 5.32 Å². The van der Waals surface area contributed by atoms with E-state index in [0.29, 0.717) is 12.1 Å². The molecule has 0 radical (unpaired) electrons. The molecule has 0 amide bonds. The summed E-state index contributed by atoms with van der Waals surface area (Å²) >= 11 is 0. The smallest absolute Gasteiger partial charge is 0.269 e. The number of anilines is 1. The lowest BCUT2D eigenvalue weighted by Crippen LogP contribution is -2.60. The second-order valence-corrected chi connectivity index (χ2v) is 6.12. The molecular formula is C16H22N2O3. The highest BCUT2D eigenvalue weighted by Crippen LogP contribution is 2.55. The summed E-state index contributed by atoms with van der Waals surface area (Å²) in [5.74, 6) is 0. The first-order valence-electron chi connectivity index (χ1n) is 7.78. The van der Waals surface area contributed by atoms with Gasteiger partial charge in [-0.15, -0.1) is 0 Å². The molecule has 0 unspecified atom stereocenters.